The lowest BCUT2D eigenvalue weighted by atomic mass is 9.93. The van der Waals surface area contributed by atoms with Crippen LogP contribution in [0.3, 0.4) is 0 Å². The number of aromatic nitrogens is 2. The number of nitrogens with zero attached hydrogens (tertiary/aromatic N) is 3. The monoisotopic (exact) mass is 362 g/mol. The Labute approximate surface area is 149 Å². The average Bonchev–Trinajstić information content (AvgIpc) is 2.99. The van der Waals surface area contributed by atoms with E-state index >= 15 is 0 Å². The van der Waals surface area contributed by atoms with Gasteiger partial charge in [0, 0.05) is 43.6 Å². The SMILES string of the molecule is COc1cc(F)c(CC2(N)N=C(Nc3cnn(C)c3)NC=C2C)c(F)c1. The molecule has 0 radical (unpaired) electrons. The van der Waals surface area contributed by atoms with Crippen LogP contribution in [0, 0.1) is 11.6 Å². The summed E-state index contributed by atoms with van der Waals surface area (Å²) in [6.45, 7) is 1.75. The van der Waals surface area contributed by atoms with E-state index in [0.29, 0.717) is 17.2 Å². The lowest BCUT2D eigenvalue weighted by Crippen LogP contribution is -2.48. The highest BCUT2D eigenvalue weighted by Gasteiger charge is 2.33. The zero-order valence-corrected chi connectivity index (χ0v) is 14.7. The van der Waals surface area contributed by atoms with E-state index in [1.807, 2.05) is 0 Å². The van der Waals surface area contributed by atoms with Crippen LogP contribution in [0.15, 0.2) is 41.3 Å². The third-order valence-electron chi connectivity index (χ3n) is 4.18. The molecule has 1 unspecified atom stereocenters. The number of methoxy groups -OCH3 is 1. The number of halogens is 2. The van der Waals surface area contributed by atoms with Crippen LogP contribution in [0.1, 0.15) is 12.5 Å². The first-order chi connectivity index (χ1) is 12.3. The molecule has 1 aromatic heterocycles. The number of aryl methyl sites for hydroxylation is 1. The van der Waals surface area contributed by atoms with Crippen molar-refractivity contribution in [3.05, 3.63) is 53.5 Å². The lowest BCUT2D eigenvalue weighted by Gasteiger charge is -2.31. The molecule has 0 spiro atoms. The van der Waals surface area contributed by atoms with E-state index in [0.717, 1.165) is 12.1 Å². The standard InChI is InChI=1S/C17H20F2N6O/c1-10-7-21-16(23-11-8-22-25(2)9-11)24-17(10,20)6-13-14(18)4-12(26-3)5-15(13)19/h4-5,7-9H,6,20H2,1-3H3,(H2,21,23,24). The predicted octanol–water partition coefficient (Wildman–Crippen LogP) is 1.88. The molecule has 1 aliphatic rings. The Morgan fingerprint density at radius 3 is 2.62 bits per heavy atom. The summed E-state index contributed by atoms with van der Waals surface area (Å²) >= 11 is 0. The second-order valence-electron chi connectivity index (χ2n) is 6.13. The predicted molar refractivity (Wildman–Crippen MR) is 94.7 cm³/mol. The molecule has 1 aromatic carbocycles. The van der Waals surface area contributed by atoms with Gasteiger partial charge in [-0.05, 0) is 12.5 Å². The molecule has 0 saturated carbocycles. The summed E-state index contributed by atoms with van der Waals surface area (Å²) in [6.07, 6.45) is 4.90. The van der Waals surface area contributed by atoms with Gasteiger partial charge in [-0.15, -0.1) is 0 Å². The Bertz CT molecular complexity index is 868. The highest BCUT2D eigenvalue weighted by atomic mass is 19.1. The third-order valence-corrected chi connectivity index (χ3v) is 4.18. The van der Waals surface area contributed by atoms with Crippen LogP contribution in [0.5, 0.6) is 5.75 Å². The molecular weight excluding hydrogens is 342 g/mol. The highest BCUT2D eigenvalue weighted by Crippen LogP contribution is 2.28. The van der Waals surface area contributed by atoms with Gasteiger partial charge in [0.2, 0.25) is 5.96 Å². The fraction of sp³-hybridized carbons (Fsp3) is 0.294. The second-order valence-corrected chi connectivity index (χ2v) is 6.13. The van der Waals surface area contributed by atoms with Gasteiger partial charge in [0.25, 0.3) is 0 Å². The zero-order chi connectivity index (χ0) is 18.9. The number of benzene rings is 1. The minimum absolute atomic E-state index is 0.106. The number of rotatable bonds is 4. The molecule has 0 aliphatic carbocycles. The van der Waals surface area contributed by atoms with Crippen molar-refractivity contribution in [1.29, 1.82) is 0 Å². The van der Waals surface area contributed by atoms with Gasteiger partial charge < -0.3 is 21.1 Å². The maximum absolute atomic E-state index is 14.3. The van der Waals surface area contributed by atoms with Crippen LogP contribution >= 0.6 is 0 Å². The second kappa shape index (κ2) is 6.75. The summed E-state index contributed by atoms with van der Waals surface area (Å²) < 4.78 is 35.1. The molecule has 4 N–H and O–H groups in total. The Morgan fingerprint density at radius 2 is 2.04 bits per heavy atom. The van der Waals surface area contributed by atoms with Crippen molar-refractivity contribution in [2.45, 2.75) is 19.0 Å². The van der Waals surface area contributed by atoms with Crippen molar-refractivity contribution >= 4 is 11.6 Å². The van der Waals surface area contributed by atoms with Crippen LogP contribution in [-0.2, 0) is 13.5 Å². The number of ether oxygens (including phenoxy) is 1. The van der Waals surface area contributed by atoms with Crippen molar-refractivity contribution in [3.63, 3.8) is 0 Å². The summed E-state index contributed by atoms with van der Waals surface area (Å²) in [4.78, 5) is 4.42. The molecule has 138 valence electrons. The van der Waals surface area contributed by atoms with Crippen LogP contribution in [0.4, 0.5) is 14.5 Å². The molecule has 3 rings (SSSR count). The van der Waals surface area contributed by atoms with E-state index < -0.39 is 17.3 Å². The van der Waals surface area contributed by atoms with Gasteiger partial charge in [0.15, 0.2) is 0 Å². The number of guanidine groups is 1. The number of hydrogen-bond donors (Lipinski definition) is 3. The van der Waals surface area contributed by atoms with E-state index in [1.54, 1.807) is 37.2 Å². The smallest absolute Gasteiger partial charge is 0.202 e. The van der Waals surface area contributed by atoms with Crippen molar-refractivity contribution in [2.75, 3.05) is 12.4 Å². The van der Waals surface area contributed by atoms with Gasteiger partial charge >= 0.3 is 0 Å². The molecule has 2 aromatic rings. The number of hydrogen-bond acceptors (Lipinski definition) is 6. The number of anilines is 1. The van der Waals surface area contributed by atoms with E-state index in [-0.39, 0.29) is 17.7 Å². The fourth-order valence-electron chi connectivity index (χ4n) is 2.62. The van der Waals surface area contributed by atoms with E-state index in [9.17, 15) is 8.78 Å². The van der Waals surface area contributed by atoms with Crippen molar-refractivity contribution in [2.24, 2.45) is 17.8 Å². The van der Waals surface area contributed by atoms with Crippen LogP contribution in [0.2, 0.25) is 0 Å². The van der Waals surface area contributed by atoms with Crippen LogP contribution < -0.4 is 21.1 Å². The van der Waals surface area contributed by atoms with Gasteiger partial charge in [0.05, 0.1) is 19.0 Å². The normalized spacial score (nSPS) is 19.5. The molecule has 0 saturated heterocycles. The van der Waals surface area contributed by atoms with Crippen molar-refractivity contribution in [3.8, 4) is 5.75 Å². The third kappa shape index (κ3) is 3.52. The minimum atomic E-state index is -1.30. The molecule has 0 fully saturated rings. The summed E-state index contributed by atoms with van der Waals surface area (Å²) in [5, 5.41) is 10.1. The first-order valence-electron chi connectivity index (χ1n) is 7.91. The summed E-state index contributed by atoms with van der Waals surface area (Å²) in [5.41, 5.74) is 6.27. The number of aliphatic imine (C=N–C) groups is 1. The molecule has 2 heterocycles. The Hall–Kier alpha value is -2.94. The molecule has 7 nitrogen and oxygen atoms in total. The van der Waals surface area contributed by atoms with Gasteiger partial charge in [-0.1, -0.05) is 0 Å². The van der Waals surface area contributed by atoms with Crippen LogP contribution in [-0.4, -0.2) is 28.5 Å². The molecular formula is C17H20F2N6O. The minimum Gasteiger partial charge on any atom is -0.497 e. The molecule has 9 heteroatoms. The van der Waals surface area contributed by atoms with Gasteiger partial charge in [-0.3, -0.25) is 4.68 Å². The molecule has 0 bridgehead atoms. The average molecular weight is 362 g/mol. The maximum atomic E-state index is 14.3. The first-order valence-corrected chi connectivity index (χ1v) is 7.91. The van der Waals surface area contributed by atoms with E-state index in [2.05, 4.69) is 20.7 Å². The quantitative estimate of drug-likeness (QED) is 0.773. The number of nitrogens with two attached hydrogens (primary N) is 1. The van der Waals surface area contributed by atoms with Gasteiger partial charge in [0.1, 0.15) is 23.0 Å². The van der Waals surface area contributed by atoms with Crippen LogP contribution in [0.25, 0.3) is 0 Å². The van der Waals surface area contributed by atoms with Crippen molar-refractivity contribution in [1.82, 2.24) is 15.1 Å². The summed E-state index contributed by atoms with van der Waals surface area (Å²) in [7, 11) is 3.13. The highest BCUT2D eigenvalue weighted by molar-refractivity contribution is 5.95. The van der Waals surface area contributed by atoms with E-state index in [4.69, 9.17) is 10.5 Å². The Kier molecular flexibility index (Phi) is 4.64. The van der Waals surface area contributed by atoms with E-state index in [1.165, 1.54) is 7.11 Å². The number of nitrogens with one attached hydrogen (secondary N) is 2. The molecule has 1 atom stereocenters. The fourth-order valence-corrected chi connectivity index (χ4v) is 2.62. The van der Waals surface area contributed by atoms with Gasteiger partial charge in [-0.2, -0.15) is 5.10 Å². The summed E-state index contributed by atoms with van der Waals surface area (Å²) in [5.74, 6) is -0.986. The zero-order valence-electron chi connectivity index (χ0n) is 14.7. The molecule has 0 amide bonds. The first kappa shape index (κ1) is 17.9. The van der Waals surface area contributed by atoms with Gasteiger partial charge in [-0.25, -0.2) is 13.8 Å². The topological polar surface area (TPSA) is 89.5 Å². The summed E-state index contributed by atoms with van der Waals surface area (Å²) in [6, 6.07) is 2.25. The largest absolute Gasteiger partial charge is 0.497 e. The molecule has 1 aliphatic heterocycles. The molecule has 26 heavy (non-hydrogen) atoms. The Balaban J connectivity index is 1.89. The lowest BCUT2D eigenvalue weighted by molar-refractivity contribution is 0.402. The van der Waals surface area contributed by atoms with Crippen molar-refractivity contribution < 1.29 is 13.5 Å². The maximum Gasteiger partial charge on any atom is 0.202 e. The Morgan fingerprint density at radius 1 is 1.35 bits per heavy atom.